The van der Waals surface area contributed by atoms with Crippen LogP contribution in [0.3, 0.4) is 0 Å². The Bertz CT molecular complexity index is 369. The molecule has 1 saturated heterocycles. The Balaban J connectivity index is 2.52. The van der Waals surface area contributed by atoms with Gasteiger partial charge in [0.1, 0.15) is 11.4 Å². The summed E-state index contributed by atoms with van der Waals surface area (Å²) in [5.74, 6) is -0.618. The largest absolute Gasteiger partial charge is 0.444 e. The molecule has 0 aromatic heterocycles. The molecular formula is C14H25NO3. The van der Waals surface area contributed by atoms with Gasteiger partial charge in [-0.15, -0.1) is 0 Å². The van der Waals surface area contributed by atoms with Gasteiger partial charge in [-0.2, -0.15) is 0 Å². The fourth-order valence-corrected chi connectivity index (χ4v) is 1.97. The van der Waals surface area contributed by atoms with Crippen LogP contribution in [0.4, 0.5) is 4.79 Å². The summed E-state index contributed by atoms with van der Waals surface area (Å²) in [5.41, 5.74) is -0.524. The maximum absolute atomic E-state index is 12.0. The predicted molar refractivity (Wildman–Crippen MR) is 70.4 cm³/mol. The van der Waals surface area contributed by atoms with Crippen molar-refractivity contribution in [1.29, 1.82) is 0 Å². The number of hydrogen-bond acceptors (Lipinski definition) is 3. The highest BCUT2D eigenvalue weighted by Crippen LogP contribution is 2.21. The van der Waals surface area contributed by atoms with Gasteiger partial charge in [-0.25, -0.2) is 4.79 Å². The van der Waals surface area contributed by atoms with E-state index >= 15 is 0 Å². The van der Waals surface area contributed by atoms with Crippen LogP contribution in [-0.2, 0) is 9.53 Å². The predicted octanol–water partition coefficient (Wildman–Crippen LogP) is 3.00. The molecule has 0 spiro atoms. The van der Waals surface area contributed by atoms with Gasteiger partial charge >= 0.3 is 6.09 Å². The van der Waals surface area contributed by atoms with Crippen molar-refractivity contribution in [3.05, 3.63) is 0 Å². The molecule has 1 rings (SSSR count). The third kappa shape index (κ3) is 4.67. The third-order valence-corrected chi connectivity index (χ3v) is 2.87. The van der Waals surface area contributed by atoms with Crippen LogP contribution in [0.25, 0.3) is 0 Å². The number of ether oxygens (including phenoxy) is 1. The second-order valence-corrected chi connectivity index (χ2v) is 5.64. The van der Waals surface area contributed by atoms with Gasteiger partial charge in [0, 0.05) is 28.1 Å². The van der Waals surface area contributed by atoms with Gasteiger partial charge in [0.25, 0.3) is 0 Å². The zero-order valence-corrected chi connectivity index (χ0v) is 11.8. The lowest BCUT2D eigenvalue weighted by molar-refractivity contribution is -0.124. The van der Waals surface area contributed by atoms with E-state index in [2.05, 4.69) is 0 Å². The zero-order chi connectivity index (χ0) is 15.6. The highest BCUT2D eigenvalue weighted by Gasteiger charge is 2.29. The molecule has 0 aromatic rings. The Morgan fingerprint density at radius 3 is 2.33 bits per heavy atom. The number of amides is 1. The zero-order valence-electron chi connectivity index (χ0n) is 13.8. The molecule has 1 heterocycles. The number of piperidine rings is 1. The minimum Gasteiger partial charge on any atom is -0.444 e. The van der Waals surface area contributed by atoms with Gasteiger partial charge < -0.3 is 9.64 Å². The molecule has 0 unspecified atom stereocenters. The SMILES string of the molecule is [2H]C([2H])(CC)C(=O)C1CCN(C(=O)OC(C)(C)C)CC1. The molecule has 4 heteroatoms. The van der Waals surface area contributed by atoms with E-state index in [1.165, 1.54) is 0 Å². The average Bonchev–Trinajstić information content (AvgIpc) is 2.36. The first-order chi connectivity index (χ1) is 9.07. The van der Waals surface area contributed by atoms with Crippen LogP contribution >= 0.6 is 0 Å². The van der Waals surface area contributed by atoms with Crippen LogP contribution in [0, 0.1) is 5.92 Å². The standard InChI is InChI=1S/C14H25NO3/c1-5-6-12(16)11-7-9-15(10-8-11)13(17)18-14(2,3)4/h11H,5-10H2,1-4H3/i6D2. The van der Waals surface area contributed by atoms with Crippen molar-refractivity contribution in [2.75, 3.05) is 13.1 Å². The quantitative estimate of drug-likeness (QED) is 0.780. The Labute approximate surface area is 112 Å². The summed E-state index contributed by atoms with van der Waals surface area (Å²) in [6.07, 6.45) is -0.895. The maximum Gasteiger partial charge on any atom is 0.410 e. The second kappa shape index (κ2) is 6.21. The summed E-state index contributed by atoms with van der Waals surface area (Å²) in [4.78, 5) is 25.5. The Morgan fingerprint density at radius 1 is 1.33 bits per heavy atom. The molecule has 18 heavy (non-hydrogen) atoms. The highest BCUT2D eigenvalue weighted by molar-refractivity contribution is 5.81. The van der Waals surface area contributed by atoms with Crippen LogP contribution in [0.15, 0.2) is 0 Å². The number of nitrogens with zero attached hydrogens (tertiary/aromatic N) is 1. The van der Waals surface area contributed by atoms with Gasteiger partial charge in [0.05, 0.1) is 0 Å². The summed E-state index contributed by atoms with van der Waals surface area (Å²) in [6.45, 7) is 8.02. The molecule has 0 saturated carbocycles. The van der Waals surface area contributed by atoms with Gasteiger partial charge in [0.15, 0.2) is 0 Å². The number of carbonyl (C=O) groups excluding carboxylic acids is 2. The van der Waals surface area contributed by atoms with E-state index in [-0.39, 0.29) is 24.2 Å². The summed E-state index contributed by atoms with van der Waals surface area (Å²) in [5, 5.41) is 0. The first-order valence-electron chi connectivity index (χ1n) is 7.59. The van der Waals surface area contributed by atoms with Gasteiger partial charge in [-0.1, -0.05) is 6.92 Å². The molecule has 104 valence electrons. The van der Waals surface area contributed by atoms with Crippen LogP contribution < -0.4 is 0 Å². The topological polar surface area (TPSA) is 46.6 Å². The van der Waals surface area contributed by atoms with E-state index in [9.17, 15) is 9.59 Å². The molecule has 0 radical (unpaired) electrons. The molecule has 0 atom stereocenters. The first-order valence-corrected chi connectivity index (χ1v) is 6.59. The van der Waals surface area contributed by atoms with Crippen molar-refractivity contribution in [1.82, 2.24) is 4.90 Å². The number of likely N-dealkylation sites (tertiary alicyclic amines) is 1. The first kappa shape index (κ1) is 12.0. The lowest BCUT2D eigenvalue weighted by atomic mass is 9.90. The number of ketones is 1. The van der Waals surface area contributed by atoms with Gasteiger partial charge in [-0.05, 0) is 40.0 Å². The van der Waals surface area contributed by atoms with E-state index in [1.807, 2.05) is 20.8 Å². The van der Waals surface area contributed by atoms with E-state index in [4.69, 9.17) is 7.48 Å². The van der Waals surface area contributed by atoms with Crippen LogP contribution in [-0.4, -0.2) is 35.5 Å². The molecule has 1 aliphatic heterocycles. The van der Waals surface area contributed by atoms with E-state index in [1.54, 1.807) is 11.8 Å². The summed E-state index contributed by atoms with van der Waals surface area (Å²) < 4.78 is 20.7. The van der Waals surface area contributed by atoms with E-state index in [0.717, 1.165) is 0 Å². The molecular weight excluding hydrogens is 230 g/mol. The van der Waals surface area contributed by atoms with Crippen molar-refractivity contribution in [3.8, 4) is 0 Å². The number of carbonyl (C=O) groups is 2. The smallest absolute Gasteiger partial charge is 0.410 e. The van der Waals surface area contributed by atoms with Crippen molar-refractivity contribution >= 4 is 11.9 Å². The minimum atomic E-state index is -1.75. The molecule has 0 aromatic carbocycles. The van der Waals surface area contributed by atoms with Crippen molar-refractivity contribution in [2.24, 2.45) is 5.92 Å². The number of hydrogen-bond donors (Lipinski definition) is 0. The fraction of sp³-hybridized carbons (Fsp3) is 0.857. The van der Waals surface area contributed by atoms with Crippen LogP contribution in [0.1, 0.15) is 56.1 Å². The number of rotatable bonds is 3. The van der Waals surface area contributed by atoms with Gasteiger partial charge in [0.2, 0.25) is 0 Å². The fourth-order valence-electron chi connectivity index (χ4n) is 1.97. The Kier molecular flexibility index (Phi) is 4.14. The average molecular weight is 257 g/mol. The second-order valence-electron chi connectivity index (χ2n) is 5.64. The lowest BCUT2D eigenvalue weighted by Crippen LogP contribution is -2.42. The Morgan fingerprint density at radius 2 is 1.89 bits per heavy atom. The Hall–Kier alpha value is -1.06. The van der Waals surface area contributed by atoms with E-state index < -0.39 is 12.0 Å². The molecule has 0 bridgehead atoms. The molecule has 1 fully saturated rings. The number of Topliss-reactive ketones (excluding diaryl/α,β-unsaturated/α-hetero) is 1. The molecule has 1 amide bonds. The molecule has 4 nitrogen and oxygen atoms in total. The minimum absolute atomic E-state index is 0.193. The van der Waals surface area contributed by atoms with Crippen molar-refractivity contribution < 1.29 is 17.1 Å². The monoisotopic (exact) mass is 257 g/mol. The molecule has 0 aliphatic carbocycles. The normalized spacial score (nSPS) is 20.1. The third-order valence-electron chi connectivity index (χ3n) is 2.87. The maximum atomic E-state index is 12.0. The van der Waals surface area contributed by atoms with E-state index in [0.29, 0.717) is 25.9 Å². The highest BCUT2D eigenvalue weighted by atomic mass is 16.6. The summed E-state index contributed by atoms with van der Waals surface area (Å²) in [6, 6.07) is 0. The van der Waals surface area contributed by atoms with Crippen LogP contribution in [0.5, 0.6) is 0 Å². The molecule has 0 N–H and O–H groups in total. The lowest BCUT2D eigenvalue weighted by Gasteiger charge is -2.32. The summed E-state index contributed by atoms with van der Waals surface area (Å²) >= 11 is 0. The summed E-state index contributed by atoms with van der Waals surface area (Å²) in [7, 11) is 0. The van der Waals surface area contributed by atoms with Crippen molar-refractivity contribution in [3.63, 3.8) is 0 Å². The van der Waals surface area contributed by atoms with Gasteiger partial charge in [-0.3, -0.25) is 4.79 Å². The van der Waals surface area contributed by atoms with Crippen molar-refractivity contribution in [2.45, 2.75) is 58.9 Å². The van der Waals surface area contributed by atoms with Crippen LogP contribution in [0.2, 0.25) is 0 Å². The molecule has 1 aliphatic rings.